The summed E-state index contributed by atoms with van der Waals surface area (Å²) in [6, 6.07) is 8.98. The van der Waals surface area contributed by atoms with Crippen LogP contribution in [0.25, 0.3) is 0 Å². The van der Waals surface area contributed by atoms with Gasteiger partial charge in [0.05, 0.1) is 14.2 Å². The summed E-state index contributed by atoms with van der Waals surface area (Å²) in [6.07, 6.45) is 7.19. The first-order chi connectivity index (χ1) is 19.9. The van der Waals surface area contributed by atoms with Gasteiger partial charge in [0.15, 0.2) is 5.79 Å². The molecule has 0 radical (unpaired) electrons. The zero-order chi connectivity index (χ0) is 27.8. The molecule has 2 aromatic carbocycles. The molecule has 216 valence electrons. The van der Waals surface area contributed by atoms with Crippen LogP contribution >= 0.6 is 0 Å². The number of methoxy groups -OCH3 is 4. The fraction of sp³-hybridized carbons (Fsp3) is 0.676. The summed E-state index contributed by atoms with van der Waals surface area (Å²) < 4.78 is 25.6. The molecule has 4 heteroatoms. The number of hydrogen-bond acceptors (Lipinski definition) is 4. The normalized spacial score (nSPS) is 47.3. The maximum Gasteiger partial charge on any atom is 0.173 e. The van der Waals surface area contributed by atoms with Crippen molar-refractivity contribution < 1.29 is 18.9 Å². The summed E-state index contributed by atoms with van der Waals surface area (Å²) in [4.78, 5) is 0. The number of fused-ring (bicyclic) bond motifs is 24. The summed E-state index contributed by atoms with van der Waals surface area (Å²) >= 11 is 0. The van der Waals surface area contributed by atoms with E-state index in [0.29, 0.717) is 34.5 Å². The second-order valence-electron chi connectivity index (χ2n) is 15.6. The predicted molar refractivity (Wildman–Crippen MR) is 156 cm³/mol. The SMILES string of the molecule is COc1c2c(c(OC)c3c1[C@H]1C[C@@H]3[C@H]3[C@@H]1[C@]1(C)[C@@H]4C[C@@H]([C@@H]5[C@H]4[C@@H]4CC[C@H]5C4(OC)OC)[C@]31C)Cc1ccccc1C2. The maximum atomic E-state index is 6.44. The molecule has 0 N–H and O–H groups in total. The number of benzene rings is 2. The van der Waals surface area contributed by atoms with Crippen LogP contribution in [0.4, 0.5) is 0 Å². The number of ether oxygens (including phenoxy) is 4. The van der Waals surface area contributed by atoms with Crippen LogP contribution in [0.5, 0.6) is 11.5 Å². The van der Waals surface area contributed by atoms with Gasteiger partial charge in [-0.3, -0.25) is 0 Å². The molecule has 0 heterocycles. The van der Waals surface area contributed by atoms with E-state index in [4.69, 9.17) is 18.9 Å². The molecule has 4 nitrogen and oxygen atoms in total. The Bertz CT molecular complexity index is 1420. The van der Waals surface area contributed by atoms with Gasteiger partial charge in [-0.15, -0.1) is 0 Å². The molecule has 41 heavy (non-hydrogen) atoms. The molecule has 8 aliphatic carbocycles. The van der Waals surface area contributed by atoms with Crippen molar-refractivity contribution in [2.75, 3.05) is 28.4 Å². The molecule has 10 rings (SSSR count). The summed E-state index contributed by atoms with van der Waals surface area (Å²) in [6.45, 7) is 5.47. The van der Waals surface area contributed by atoms with Gasteiger partial charge in [-0.05, 0) is 95.0 Å². The van der Waals surface area contributed by atoms with E-state index < -0.39 is 0 Å². The number of hydrogen-bond donors (Lipinski definition) is 0. The average Bonchev–Trinajstić information content (AvgIpc) is 3.81. The van der Waals surface area contributed by atoms with E-state index in [2.05, 4.69) is 38.1 Å². The lowest BCUT2D eigenvalue weighted by Crippen LogP contribution is -2.69. The highest BCUT2D eigenvalue weighted by Crippen LogP contribution is 2.93. The highest BCUT2D eigenvalue weighted by atomic mass is 16.7. The molecule has 0 aliphatic heterocycles. The first kappa shape index (κ1) is 24.4. The second kappa shape index (κ2) is 7.36. The lowest BCUT2D eigenvalue weighted by Gasteiger charge is -2.73. The van der Waals surface area contributed by atoms with Crippen molar-refractivity contribution in [1.82, 2.24) is 0 Å². The van der Waals surface area contributed by atoms with Crippen LogP contribution in [-0.2, 0) is 22.3 Å². The molecule has 6 saturated carbocycles. The first-order valence-corrected chi connectivity index (χ1v) is 16.4. The Hall–Kier alpha value is -2.04. The van der Waals surface area contributed by atoms with E-state index in [-0.39, 0.29) is 5.79 Å². The third-order valence-corrected chi connectivity index (χ3v) is 15.8. The molecule has 8 aliphatic rings. The highest BCUT2D eigenvalue weighted by molar-refractivity contribution is 5.69. The molecular formula is C37H44O4. The highest BCUT2D eigenvalue weighted by Gasteiger charge is 2.88. The first-order valence-electron chi connectivity index (χ1n) is 16.4. The van der Waals surface area contributed by atoms with Gasteiger partial charge in [0.25, 0.3) is 0 Å². The molecule has 0 saturated heterocycles. The Kier molecular flexibility index (Phi) is 4.38. The Morgan fingerprint density at radius 2 is 1.10 bits per heavy atom. The maximum absolute atomic E-state index is 6.44. The van der Waals surface area contributed by atoms with Crippen LogP contribution in [0, 0.1) is 58.2 Å². The third-order valence-electron chi connectivity index (χ3n) is 15.8. The van der Waals surface area contributed by atoms with Crippen molar-refractivity contribution in [3.05, 3.63) is 57.6 Å². The summed E-state index contributed by atoms with van der Waals surface area (Å²) in [5, 5.41) is 0. The van der Waals surface area contributed by atoms with Gasteiger partial charge in [-0.1, -0.05) is 38.1 Å². The molecule has 0 amide bonds. The van der Waals surface area contributed by atoms with Crippen LogP contribution in [-0.4, -0.2) is 34.2 Å². The van der Waals surface area contributed by atoms with Crippen molar-refractivity contribution in [3.63, 3.8) is 0 Å². The smallest absolute Gasteiger partial charge is 0.173 e. The second-order valence-corrected chi connectivity index (χ2v) is 15.6. The fourth-order valence-corrected chi connectivity index (χ4v) is 15.0. The van der Waals surface area contributed by atoms with E-state index in [9.17, 15) is 0 Å². The number of rotatable bonds is 4. The van der Waals surface area contributed by atoms with Gasteiger partial charge in [0.1, 0.15) is 11.5 Å². The molecule has 12 atom stereocenters. The molecule has 6 fully saturated rings. The Labute approximate surface area is 244 Å². The summed E-state index contributed by atoms with van der Waals surface area (Å²) in [5.74, 6) is 9.02. The van der Waals surface area contributed by atoms with Gasteiger partial charge in [0.2, 0.25) is 0 Å². The van der Waals surface area contributed by atoms with E-state index in [1.165, 1.54) is 70.6 Å². The lowest BCUT2D eigenvalue weighted by molar-refractivity contribution is -0.249. The molecule has 0 aromatic heterocycles. The Morgan fingerprint density at radius 1 is 0.634 bits per heavy atom. The minimum atomic E-state index is -0.347. The van der Waals surface area contributed by atoms with Crippen LogP contribution < -0.4 is 9.47 Å². The van der Waals surface area contributed by atoms with Crippen molar-refractivity contribution >= 4 is 0 Å². The molecular weight excluding hydrogens is 508 g/mol. The van der Waals surface area contributed by atoms with Gasteiger partial charge < -0.3 is 18.9 Å². The zero-order valence-electron chi connectivity index (χ0n) is 25.5. The topological polar surface area (TPSA) is 36.9 Å². The fourth-order valence-electron chi connectivity index (χ4n) is 15.0. The van der Waals surface area contributed by atoms with Crippen molar-refractivity contribution in [1.29, 1.82) is 0 Å². The minimum Gasteiger partial charge on any atom is -0.496 e. The van der Waals surface area contributed by atoms with Gasteiger partial charge in [-0.2, -0.15) is 0 Å². The van der Waals surface area contributed by atoms with E-state index >= 15 is 0 Å². The zero-order valence-corrected chi connectivity index (χ0v) is 25.5. The lowest BCUT2D eigenvalue weighted by atomic mass is 9.30. The third kappa shape index (κ3) is 2.21. The van der Waals surface area contributed by atoms with Gasteiger partial charge in [0, 0.05) is 61.2 Å². The van der Waals surface area contributed by atoms with Crippen LogP contribution in [0.3, 0.4) is 0 Å². The van der Waals surface area contributed by atoms with E-state index in [1.807, 2.05) is 28.4 Å². The van der Waals surface area contributed by atoms with Crippen molar-refractivity contribution in [2.24, 2.45) is 58.2 Å². The Morgan fingerprint density at radius 3 is 1.51 bits per heavy atom. The van der Waals surface area contributed by atoms with Gasteiger partial charge >= 0.3 is 0 Å². The molecule has 2 aromatic rings. The van der Waals surface area contributed by atoms with Crippen molar-refractivity contribution in [3.8, 4) is 11.5 Å². The molecule has 0 spiro atoms. The van der Waals surface area contributed by atoms with Crippen LogP contribution in [0.2, 0.25) is 0 Å². The van der Waals surface area contributed by atoms with Crippen molar-refractivity contribution in [2.45, 2.75) is 70.0 Å². The minimum absolute atomic E-state index is 0.347. The van der Waals surface area contributed by atoms with E-state index in [1.54, 1.807) is 0 Å². The monoisotopic (exact) mass is 552 g/mol. The quantitative estimate of drug-likeness (QED) is 0.199. The van der Waals surface area contributed by atoms with Crippen LogP contribution in [0.1, 0.15) is 84.7 Å². The molecule has 6 bridgehead atoms. The predicted octanol–water partition coefficient (Wildman–Crippen LogP) is 6.95. The summed E-state index contributed by atoms with van der Waals surface area (Å²) in [5.41, 5.74) is 9.52. The largest absolute Gasteiger partial charge is 0.496 e. The van der Waals surface area contributed by atoms with Crippen LogP contribution in [0.15, 0.2) is 24.3 Å². The summed E-state index contributed by atoms with van der Waals surface area (Å²) in [7, 11) is 7.68. The standard InChI is InChI=1S/C37H44O4/c1-35-25-16-26(30-24-12-11-23(29(25)30)37(24,40-5)41-6)36(35,2)32-22-15-21(31(32)35)27-28(22)34(39-4)20-14-18-10-8-7-9-17(18)13-19(20)33(27)38-3/h7-10,21-26,29-32H,11-16H2,1-6H3/t21-,22+,23+,24-,25-,26+,29+,30-,31-,32+,35+,36-. The van der Waals surface area contributed by atoms with E-state index in [0.717, 1.165) is 48.3 Å². The average molecular weight is 553 g/mol. The molecule has 0 unspecified atom stereocenters. The van der Waals surface area contributed by atoms with Gasteiger partial charge in [-0.25, -0.2) is 0 Å². The Balaban J connectivity index is 1.13.